The number of carbonyl (C=O) groups excluding carboxylic acids is 2. The van der Waals surface area contributed by atoms with Crippen molar-refractivity contribution in [1.29, 1.82) is 0 Å². The molecule has 0 radical (unpaired) electrons. The van der Waals surface area contributed by atoms with E-state index >= 15 is 0 Å². The third kappa shape index (κ3) is 2.72. The van der Waals surface area contributed by atoms with Crippen molar-refractivity contribution in [2.45, 2.75) is 26.3 Å². The minimum Gasteiger partial charge on any atom is -0.465 e. The first-order valence-corrected chi connectivity index (χ1v) is 7.02. The number of aryl methyl sites for hydroxylation is 1. The third-order valence-corrected chi connectivity index (χ3v) is 3.59. The van der Waals surface area contributed by atoms with Crippen LogP contribution in [0.15, 0.2) is 30.6 Å². The van der Waals surface area contributed by atoms with Gasteiger partial charge >= 0.3 is 5.97 Å². The van der Waals surface area contributed by atoms with E-state index in [-0.39, 0.29) is 18.3 Å². The Morgan fingerprint density at radius 2 is 2.19 bits per heavy atom. The van der Waals surface area contributed by atoms with Crippen LogP contribution in [0.3, 0.4) is 0 Å². The smallest absolute Gasteiger partial charge is 0.327 e. The minimum absolute atomic E-state index is 0.108. The molecule has 0 spiro atoms. The number of rotatable bonds is 4. The third-order valence-electron chi connectivity index (χ3n) is 3.59. The summed E-state index contributed by atoms with van der Waals surface area (Å²) >= 11 is 0. The summed E-state index contributed by atoms with van der Waals surface area (Å²) in [7, 11) is 0. The van der Waals surface area contributed by atoms with Gasteiger partial charge in [0.15, 0.2) is 5.78 Å². The SMILES string of the molecule is CCOC(=O)Cn1cc(-c2ccc3c(c2)CCC3=O)cn1. The topological polar surface area (TPSA) is 61.2 Å². The lowest BCUT2D eigenvalue weighted by Crippen LogP contribution is -2.13. The molecule has 0 N–H and O–H groups in total. The van der Waals surface area contributed by atoms with E-state index < -0.39 is 0 Å². The fourth-order valence-electron chi connectivity index (χ4n) is 2.57. The van der Waals surface area contributed by atoms with Crippen LogP contribution in [0.4, 0.5) is 0 Å². The van der Waals surface area contributed by atoms with Crippen LogP contribution < -0.4 is 0 Å². The Bertz CT molecular complexity index is 703. The van der Waals surface area contributed by atoms with Crippen molar-refractivity contribution in [2.24, 2.45) is 0 Å². The van der Waals surface area contributed by atoms with Crippen LogP contribution in [0, 0.1) is 0 Å². The van der Waals surface area contributed by atoms with Crippen LogP contribution in [0.2, 0.25) is 0 Å². The molecule has 21 heavy (non-hydrogen) atoms. The van der Waals surface area contributed by atoms with Crippen LogP contribution >= 0.6 is 0 Å². The number of hydrogen-bond acceptors (Lipinski definition) is 4. The zero-order valence-electron chi connectivity index (χ0n) is 11.8. The quantitative estimate of drug-likeness (QED) is 0.808. The Hall–Kier alpha value is -2.43. The molecule has 1 aromatic heterocycles. The molecular weight excluding hydrogens is 268 g/mol. The second kappa shape index (κ2) is 5.52. The number of fused-ring (bicyclic) bond motifs is 1. The molecule has 5 nitrogen and oxygen atoms in total. The van der Waals surface area contributed by atoms with Gasteiger partial charge in [-0.2, -0.15) is 5.10 Å². The van der Waals surface area contributed by atoms with E-state index in [0.717, 1.165) is 28.7 Å². The summed E-state index contributed by atoms with van der Waals surface area (Å²) in [6.45, 7) is 2.25. The van der Waals surface area contributed by atoms with E-state index in [0.29, 0.717) is 13.0 Å². The van der Waals surface area contributed by atoms with E-state index in [1.165, 1.54) is 0 Å². The minimum atomic E-state index is -0.299. The lowest BCUT2D eigenvalue weighted by Gasteiger charge is -2.02. The van der Waals surface area contributed by atoms with Gasteiger partial charge in [0.25, 0.3) is 0 Å². The molecule has 1 aliphatic carbocycles. The molecular formula is C16H16N2O3. The number of hydrogen-bond donors (Lipinski definition) is 0. The molecule has 0 unspecified atom stereocenters. The van der Waals surface area contributed by atoms with E-state index in [9.17, 15) is 9.59 Å². The monoisotopic (exact) mass is 284 g/mol. The molecule has 1 heterocycles. The molecule has 0 aliphatic heterocycles. The molecule has 1 aromatic carbocycles. The van der Waals surface area contributed by atoms with E-state index in [1.807, 2.05) is 24.4 Å². The van der Waals surface area contributed by atoms with Crippen LogP contribution in [0.5, 0.6) is 0 Å². The largest absolute Gasteiger partial charge is 0.465 e. The Labute approximate surface area is 122 Å². The molecule has 2 aromatic rings. The molecule has 0 saturated heterocycles. The molecule has 0 saturated carbocycles. The molecule has 0 bridgehead atoms. The van der Waals surface area contributed by atoms with Gasteiger partial charge in [-0.25, -0.2) is 0 Å². The van der Waals surface area contributed by atoms with Crippen molar-refractivity contribution in [3.63, 3.8) is 0 Å². The number of ether oxygens (including phenoxy) is 1. The fraction of sp³-hybridized carbons (Fsp3) is 0.312. The number of aromatic nitrogens is 2. The van der Waals surface area contributed by atoms with Gasteiger partial charge in [-0.05, 0) is 24.5 Å². The molecule has 3 rings (SSSR count). The van der Waals surface area contributed by atoms with E-state index in [4.69, 9.17) is 4.74 Å². The van der Waals surface area contributed by atoms with Gasteiger partial charge in [-0.1, -0.05) is 18.2 Å². The maximum Gasteiger partial charge on any atom is 0.327 e. The van der Waals surface area contributed by atoms with Crippen LogP contribution in [-0.4, -0.2) is 28.1 Å². The molecule has 1 aliphatic rings. The summed E-state index contributed by atoms with van der Waals surface area (Å²) in [4.78, 5) is 23.1. The van der Waals surface area contributed by atoms with Gasteiger partial charge in [0.05, 0.1) is 12.8 Å². The van der Waals surface area contributed by atoms with Gasteiger partial charge in [-0.15, -0.1) is 0 Å². The zero-order valence-corrected chi connectivity index (χ0v) is 11.8. The van der Waals surface area contributed by atoms with Crippen molar-refractivity contribution in [3.8, 4) is 11.1 Å². The lowest BCUT2D eigenvalue weighted by atomic mass is 10.0. The standard InChI is InChI=1S/C16H16N2O3/c1-2-21-16(20)10-18-9-13(8-17-18)11-3-5-14-12(7-11)4-6-15(14)19/h3,5,7-9H,2,4,6,10H2,1H3. The average Bonchev–Trinajstić information content (AvgIpc) is 3.06. The normalized spacial score (nSPS) is 13.3. The number of nitrogens with zero attached hydrogens (tertiary/aromatic N) is 2. The number of benzene rings is 1. The number of Topliss-reactive ketones (excluding diaryl/α,β-unsaturated/α-hetero) is 1. The van der Waals surface area contributed by atoms with E-state index in [1.54, 1.807) is 17.8 Å². The van der Waals surface area contributed by atoms with Crippen LogP contribution in [0.25, 0.3) is 11.1 Å². The highest BCUT2D eigenvalue weighted by Gasteiger charge is 2.19. The Morgan fingerprint density at radius 1 is 1.33 bits per heavy atom. The number of ketones is 1. The van der Waals surface area contributed by atoms with Crippen molar-refractivity contribution in [1.82, 2.24) is 9.78 Å². The zero-order chi connectivity index (χ0) is 14.8. The molecule has 0 fully saturated rings. The van der Waals surface area contributed by atoms with Crippen LogP contribution in [0.1, 0.15) is 29.3 Å². The van der Waals surface area contributed by atoms with E-state index in [2.05, 4.69) is 5.10 Å². The highest BCUT2D eigenvalue weighted by atomic mass is 16.5. The molecule has 0 atom stereocenters. The first kappa shape index (κ1) is 13.5. The highest BCUT2D eigenvalue weighted by Crippen LogP contribution is 2.27. The second-order valence-electron chi connectivity index (χ2n) is 5.03. The Kier molecular flexibility index (Phi) is 3.56. The summed E-state index contributed by atoms with van der Waals surface area (Å²) in [6, 6.07) is 5.84. The van der Waals surface area contributed by atoms with Crippen molar-refractivity contribution in [2.75, 3.05) is 6.61 Å². The molecule has 0 amide bonds. The fourth-order valence-corrected chi connectivity index (χ4v) is 2.57. The van der Waals surface area contributed by atoms with Gasteiger partial charge in [0.1, 0.15) is 6.54 Å². The summed E-state index contributed by atoms with van der Waals surface area (Å²) in [5, 5.41) is 4.17. The summed E-state index contributed by atoms with van der Waals surface area (Å²) < 4.78 is 6.46. The first-order valence-electron chi connectivity index (χ1n) is 7.02. The van der Waals surface area contributed by atoms with Crippen molar-refractivity contribution in [3.05, 3.63) is 41.7 Å². The maximum atomic E-state index is 11.6. The predicted molar refractivity (Wildman–Crippen MR) is 76.9 cm³/mol. The lowest BCUT2D eigenvalue weighted by molar-refractivity contribution is -0.144. The summed E-state index contributed by atoms with van der Waals surface area (Å²) in [6.07, 6.45) is 4.94. The van der Waals surface area contributed by atoms with Crippen molar-refractivity contribution < 1.29 is 14.3 Å². The number of esters is 1. The predicted octanol–water partition coefficient (Wildman–Crippen LogP) is 2.24. The molecule has 108 valence electrons. The second-order valence-corrected chi connectivity index (χ2v) is 5.03. The summed E-state index contributed by atoms with van der Waals surface area (Å²) in [5.74, 6) is -0.0822. The maximum absolute atomic E-state index is 11.6. The average molecular weight is 284 g/mol. The highest BCUT2D eigenvalue weighted by molar-refractivity contribution is 6.00. The summed E-state index contributed by atoms with van der Waals surface area (Å²) in [5.41, 5.74) is 3.87. The Morgan fingerprint density at radius 3 is 3.00 bits per heavy atom. The van der Waals surface area contributed by atoms with Gasteiger partial charge in [-0.3, -0.25) is 14.3 Å². The van der Waals surface area contributed by atoms with Gasteiger partial charge in [0.2, 0.25) is 0 Å². The van der Waals surface area contributed by atoms with Gasteiger partial charge < -0.3 is 4.74 Å². The van der Waals surface area contributed by atoms with Crippen LogP contribution in [-0.2, 0) is 22.5 Å². The molecule has 5 heteroatoms. The van der Waals surface area contributed by atoms with Gasteiger partial charge in [0, 0.05) is 23.7 Å². The number of carbonyl (C=O) groups is 2. The Balaban J connectivity index is 1.80. The van der Waals surface area contributed by atoms with Crippen molar-refractivity contribution >= 4 is 11.8 Å². The first-order chi connectivity index (χ1) is 10.2.